The quantitative estimate of drug-likeness (QED) is 0.754. The summed E-state index contributed by atoms with van der Waals surface area (Å²) in [6, 6.07) is 0.621. The molecule has 5 heteroatoms. The highest BCUT2D eigenvalue weighted by atomic mass is 32.2. The van der Waals surface area contributed by atoms with Crippen molar-refractivity contribution >= 4 is 9.84 Å². The second kappa shape index (κ2) is 7.57. The number of nitrogens with zero attached hydrogens (tertiary/aromatic N) is 1. The molecule has 1 aliphatic carbocycles. The zero-order valence-electron chi connectivity index (χ0n) is 12.6. The SMILES string of the molecule is CS(=O)(=O)CCN1CCC(NC[C@@H]2CC=CCC2)CC1. The predicted octanol–water partition coefficient (Wildman–Crippen LogP) is 1.44. The van der Waals surface area contributed by atoms with Crippen molar-refractivity contribution in [3.05, 3.63) is 12.2 Å². The molecule has 0 aromatic carbocycles. The summed E-state index contributed by atoms with van der Waals surface area (Å²) >= 11 is 0. The first-order valence-corrected chi connectivity index (χ1v) is 9.87. The van der Waals surface area contributed by atoms with E-state index >= 15 is 0 Å². The van der Waals surface area contributed by atoms with Gasteiger partial charge in [0.25, 0.3) is 0 Å². The van der Waals surface area contributed by atoms with Gasteiger partial charge in [-0.3, -0.25) is 0 Å². The van der Waals surface area contributed by atoms with Crippen LogP contribution in [0, 0.1) is 5.92 Å². The van der Waals surface area contributed by atoms with E-state index in [2.05, 4.69) is 22.4 Å². The van der Waals surface area contributed by atoms with Gasteiger partial charge in [0.05, 0.1) is 5.75 Å². The summed E-state index contributed by atoms with van der Waals surface area (Å²) in [7, 11) is -2.83. The van der Waals surface area contributed by atoms with Crippen LogP contribution in [0.15, 0.2) is 12.2 Å². The average Bonchev–Trinajstić information content (AvgIpc) is 2.44. The first-order chi connectivity index (χ1) is 9.53. The maximum atomic E-state index is 11.2. The van der Waals surface area contributed by atoms with E-state index in [1.54, 1.807) is 0 Å². The van der Waals surface area contributed by atoms with Crippen molar-refractivity contribution in [2.24, 2.45) is 5.92 Å². The summed E-state index contributed by atoms with van der Waals surface area (Å²) in [5, 5.41) is 3.71. The van der Waals surface area contributed by atoms with E-state index in [9.17, 15) is 8.42 Å². The lowest BCUT2D eigenvalue weighted by molar-refractivity contribution is 0.203. The third-order valence-electron chi connectivity index (χ3n) is 4.44. The van der Waals surface area contributed by atoms with Crippen LogP contribution >= 0.6 is 0 Å². The predicted molar refractivity (Wildman–Crippen MR) is 83.7 cm³/mol. The van der Waals surface area contributed by atoms with Crippen molar-refractivity contribution < 1.29 is 8.42 Å². The summed E-state index contributed by atoms with van der Waals surface area (Å²) in [6.07, 6.45) is 12.0. The molecular weight excluding hydrogens is 272 g/mol. The molecule has 4 nitrogen and oxygen atoms in total. The van der Waals surface area contributed by atoms with E-state index in [4.69, 9.17) is 0 Å². The summed E-state index contributed by atoms with van der Waals surface area (Å²) < 4.78 is 22.3. The molecule has 0 radical (unpaired) electrons. The van der Waals surface area contributed by atoms with E-state index < -0.39 is 9.84 Å². The lowest BCUT2D eigenvalue weighted by Crippen LogP contribution is -2.45. The Kier molecular flexibility index (Phi) is 6.05. The minimum Gasteiger partial charge on any atom is -0.314 e. The Balaban J connectivity index is 1.60. The van der Waals surface area contributed by atoms with Gasteiger partial charge >= 0.3 is 0 Å². The van der Waals surface area contributed by atoms with Crippen molar-refractivity contribution in [3.63, 3.8) is 0 Å². The Bertz CT molecular complexity index is 412. The van der Waals surface area contributed by atoms with Gasteiger partial charge in [-0.25, -0.2) is 8.42 Å². The van der Waals surface area contributed by atoms with E-state index in [0.29, 0.717) is 18.3 Å². The minimum atomic E-state index is -2.83. The molecule has 2 aliphatic rings. The Hall–Kier alpha value is -0.390. The molecule has 116 valence electrons. The number of sulfone groups is 1. The molecular formula is C15H28N2O2S. The standard InChI is InChI=1S/C15H28N2O2S/c1-20(18,19)12-11-17-9-7-15(8-10-17)16-13-14-5-3-2-4-6-14/h2-3,14-16H,4-13H2,1H3/t14-/m1/s1. The van der Waals surface area contributed by atoms with E-state index in [1.165, 1.54) is 25.5 Å². The summed E-state index contributed by atoms with van der Waals surface area (Å²) in [5.74, 6) is 1.10. The third-order valence-corrected chi connectivity index (χ3v) is 5.36. The van der Waals surface area contributed by atoms with Crippen molar-refractivity contribution in [1.82, 2.24) is 10.2 Å². The van der Waals surface area contributed by atoms with Crippen LogP contribution in [0.4, 0.5) is 0 Å². The van der Waals surface area contributed by atoms with Crippen LogP contribution in [0.3, 0.4) is 0 Å². The van der Waals surface area contributed by atoms with E-state index in [0.717, 1.165) is 38.4 Å². The van der Waals surface area contributed by atoms with Gasteiger partial charge in [-0.05, 0) is 57.7 Å². The Morgan fingerprint density at radius 2 is 1.95 bits per heavy atom. The molecule has 2 rings (SSSR count). The fourth-order valence-electron chi connectivity index (χ4n) is 3.03. The Morgan fingerprint density at radius 1 is 1.20 bits per heavy atom. The van der Waals surface area contributed by atoms with Gasteiger partial charge in [-0.2, -0.15) is 0 Å². The third kappa shape index (κ3) is 5.94. The van der Waals surface area contributed by atoms with Crippen LogP contribution in [0.1, 0.15) is 32.1 Å². The van der Waals surface area contributed by atoms with Crippen molar-refractivity contribution in [3.8, 4) is 0 Å². The fraction of sp³-hybridized carbons (Fsp3) is 0.867. The number of allylic oxidation sites excluding steroid dienone is 2. The number of rotatable bonds is 6. The largest absolute Gasteiger partial charge is 0.314 e. The highest BCUT2D eigenvalue weighted by molar-refractivity contribution is 7.90. The molecule has 20 heavy (non-hydrogen) atoms. The monoisotopic (exact) mass is 300 g/mol. The molecule has 0 spiro atoms. The molecule has 1 saturated heterocycles. The molecule has 1 aliphatic heterocycles. The second-order valence-corrected chi connectivity index (χ2v) is 8.56. The Labute approximate surface area is 123 Å². The second-order valence-electron chi connectivity index (χ2n) is 6.30. The highest BCUT2D eigenvalue weighted by Gasteiger charge is 2.20. The van der Waals surface area contributed by atoms with Gasteiger partial charge in [0.1, 0.15) is 9.84 Å². The minimum absolute atomic E-state index is 0.291. The van der Waals surface area contributed by atoms with Gasteiger partial charge in [-0.15, -0.1) is 0 Å². The van der Waals surface area contributed by atoms with Crippen molar-refractivity contribution in [1.29, 1.82) is 0 Å². The maximum absolute atomic E-state index is 11.2. The topological polar surface area (TPSA) is 49.4 Å². The van der Waals surface area contributed by atoms with Crippen LogP contribution in [0.25, 0.3) is 0 Å². The number of likely N-dealkylation sites (tertiary alicyclic amines) is 1. The molecule has 0 bridgehead atoms. The van der Waals surface area contributed by atoms with Crippen LogP contribution in [-0.2, 0) is 9.84 Å². The summed E-state index contributed by atoms with van der Waals surface area (Å²) in [5.41, 5.74) is 0. The van der Waals surface area contributed by atoms with Crippen LogP contribution < -0.4 is 5.32 Å². The van der Waals surface area contributed by atoms with Gasteiger partial charge in [-0.1, -0.05) is 12.2 Å². The number of hydrogen-bond acceptors (Lipinski definition) is 4. The number of piperidine rings is 1. The van der Waals surface area contributed by atoms with Crippen LogP contribution in [0.5, 0.6) is 0 Å². The smallest absolute Gasteiger partial charge is 0.148 e. The first kappa shape index (κ1) is 16.0. The summed E-state index contributed by atoms with van der Waals surface area (Å²) in [4.78, 5) is 2.28. The summed E-state index contributed by atoms with van der Waals surface area (Å²) in [6.45, 7) is 3.88. The molecule has 0 aromatic heterocycles. The van der Waals surface area contributed by atoms with Gasteiger partial charge in [0.15, 0.2) is 0 Å². The van der Waals surface area contributed by atoms with Gasteiger partial charge in [0.2, 0.25) is 0 Å². The molecule has 1 heterocycles. The molecule has 0 amide bonds. The van der Waals surface area contributed by atoms with Crippen LogP contribution in [0.2, 0.25) is 0 Å². The fourth-order valence-corrected chi connectivity index (χ4v) is 3.62. The zero-order chi connectivity index (χ0) is 14.4. The molecule has 0 aromatic rings. The normalized spacial score (nSPS) is 25.9. The van der Waals surface area contributed by atoms with Crippen molar-refractivity contribution in [2.75, 3.05) is 38.2 Å². The molecule has 0 unspecified atom stereocenters. The molecule has 1 N–H and O–H groups in total. The van der Waals surface area contributed by atoms with Crippen LogP contribution in [-0.4, -0.2) is 57.5 Å². The first-order valence-electron chi connectivity index (χ1n) is 7.81. The van der Waals surface area contributed by atoms with E-state index in [1.807, 2.05) is 0 Å². The average molecular weight is 300 g/mol. The van der Waals surface area contributed by atoms with Gasteiger partial charge in [0, 0.05) is 18.8 Å². The van der Waals surface area contributed by atoms with Crippen molar-refractivity contribution in [2.45, 2.75) is 38.1 Å². The molecule has 0 saturated carbocycles. The van der Waals surface area contributed by atoms with Gasteiger partial charge < -0.3 is 10.2 Å². The number of nitrogens with one attached hydrogen (secondary N) is 1. The zero-order valence-corrected chi connectivity index (χ0v) is 13.4. The maximum Gasteiger partial charge on any atom is 0.148 e. The lowest BCUT2D eigenvalue weighted by Gasteiger charge is -2.33. The molecule has 1 atom stereocenters. The Morgan fingerprint density at radius 3 is 2.55 bits per heavy atom. The van der Waals surface area contributed by atoms with E-state index in [-0.39, 0.29) is 0 Å². The molecule has 1 fully saturated rings. The number of hydrogen-bond donors (Lipinski definition) is 1. The lowest BCUT2D eigenvalue weighted by atomic mass is 9.93. The highest BCUT2D eigenvalue weighted by Crippen LogP contribution is 2.18.